The summed E-state index contributed by atoms with van der Waals surface area (Å²) < 4.78 is 6.32. The van der Waals surface area contributed by atoms with E-state index >= 15 is 0 Å². The zero-order valence-corrected chi connectivity index (χ0v) is 15.9. The van der Waals surface area contributed by atoms with Gasteiger partial charge in [0.05, 0.1) is 11.1 Å². The lowest BCUT2D eigenvalue weighted by Gasteiger charge is -2.08. The Morgan fingerprint density at radius 3 is 2.45 bits per heavy atom. The normalized spacial score (nSPS) is 11.3. The minimum absolute atomic E-state index is 0.106. The van der Waals surface area contributed by atoms with E-state index in [1.165, 1.54) is 7.05 Å². The third-order valence-electron chi connectivity index (χ3n) is 4.15. The van der Waals surface area contributed by atoms with Gasteiger partial charge >= 0.3 is 0 Å². The summed E-state index contributed by atoms with van der Waals surface area (Å²) in [6.07, 6.45) is 0. The number of nitrogens with one attached hydrogen (secondary N) is 1. The molecule has 9 nitrogen and oxygen atoms in total. The summed E-state index contributed by atoms with van der Waals surface area (Å²) in [4.78, 5) is 35.5. The zero-order chi connectivity index (χ0) is 21.0. The van der Waals surface area contributed by atoms with Crippen LogP contribution in [0.1, 0.15) is 23.0 Å². The second-order valence-electron chi connectivity index (χ2n) is 6.24. The Balaban J connectivity index is 1.78. The number of amides is 2. The smallest absolute Gasteiger partial charge is 0.292 e. The maximum Gasteiger partial charge on any atom is 0.292 e. The van der Waals surface area contributed by atoms with Crippen LogP contribution >= 0.6 is 0 Å². The molecule has 3 N–H and O–H groups in total. The molecule has 2 amide bonds. The number of aromatic nitrogens is 2. The molecule has 29 heavy (non-hydrogen) atoms. The third kappa shape index (κ3) is 4.46. The van der Waals surface area contributed by atoms with Crippen molar-refractivity contribution in [2.75, 3.05) is 6.61 Å². The van der Waals surface area contributed by atoms with Gasteiger partial charge in [-0.1, -0.05) is 18.2 Å². The number of nitrogens with zero attached hydrogens (tertiary/aromatic N) is 3. The number of ether oxygens (including phenoxy) is 1. The van der Waals surface area contributed by atoms with Crippen molar-refractivity contribution in [1.82, 2.24) is 15.2 Å². The lowest BCUT2D eigenvalue weighted by Crippen LogP contribution is -2.27. The summed E-state index contributed by atoms with van der Waals surface area (Å²) in [5, 5.41) is 9.04. The second kappa shape index (κ2) is 8.34. The molecule has 2 aromatic carbocycles. The third-order valence-corrected chi connectivity index (χ3v) is 4.15. The highest BCUT2D eigenvalue weighted by Gasteiger charge is 2.15. The molecule has 0 saturated carbocycles. The van der Waals surface area contributed by atoms with Crippen molar-refractivity contribution in [3.8, 4) is 5.75 Å². The number of hydrazone groups is 1. The van der Waals surface area contributed by atoms with Crippen molar-refractivity contribution >= 4 is 28.3 Å². The van der Waals surface area contributed by atoms with E-state index < -0.39 is 11.8 Å². The number of primary amides is 1. The van der Waals surface area contributed by atoms with Gasteiger partial charge < -0.3 is 10.5 Å². The van der Waals surface area contributed by atoms with E-state index in [9.17, 15) is 14.4 Å². The number of aryl methyl sites for hydroxylation is 1. The lowest BCUT2D eigenvalue weighted by molar-refractivity contribution is -0.119. The number of carbonyl (C=O) groups excluding carboxylic acids is 2. The highest BCUT2D eigenvalue weighted by Crippen LogP contribution is 2.14. The SMILES string of the molecule is C/C(=N/NC(=O)c1nn(C)c(=O)c2ccccc12)c1ccc(OCC(N)=O)cc1. The number of hydrogen-bond acceptors (Lipinski definition) is 6. The minimum Gasteiger partial charge on any atom is -0.484 e. The molecule has 1 aromatic heterocycles. The van der Waals surface area contributed by atoms with Crippen LogP contribution in [0.15, 0.2) is 58.4 Å². The summed E-state index contributed by atoms with van der Waals surface area (Å²) >= 11 is 0. The first-order valence-corrected chi connectivity index (χ1v) is 8.69. The van der Waals surface area contributed by atoms with Crippen molar-refractivity contribution in [2.45, 2.75) is 6.92 Å². The number of fused-ring (bicyclic) bond motifs is 1. The molecule has 3 rings (SSSR count). The quantitative estimate of drug-likeness (QED) is 0.476. The fourth-order valence-electron chi connectivity index (χ4n) is 2.67. The molecule has 0 radical (unpaired) electrons. The van der Waals surface area contributed by atoms with E-state index in [0.29, 0.717) is 22.2 Å². The van der Waals surface area contributed by atoms with E-state index in [1.54, 1.807) is 55.5 Å². The predicted molar refractivity (Wildman–Crippen MR) is 108 cm³/mol. The first kappa shape index (κ1) is 19.7. The van der Waals surface area contributed by atoms with Gasteiger partial charge in [0.2, 0.25) is 0 Å². The summed E-state index contributed by atoms with van der Waals surface area (Å²) in [5.41, 5.74) is 8.63. The highest BCUT2D eigenvalue weighted by atomic mass is 16.5. The average Bonchev–Trinajstić information content (AvgIpc) is 2.73. The highest BCUT2D eigenvalue weighted by molar-refractivity contribution is 6.06. The van der Waals surface area contributed by atoms with Gasteiger partial charge in [0.25, 0.3) is 17.4 Å². The van der Waals surface area contributed by atoms with Crippen molar-refractivity contribution in [1.29, 1.82) is 0 Å². The van der Waals surface area contributed by atoms with Crippen molar-refractivity contribution in [3.05, 3.63) is 70.1 Å². The molecule has 0 bridgehead atoms. The van der Waals surface area contributed by atoms with Gasteiger partial charge in [-0.05, 0) is 42.8 Å². The van der Waals surface area contributed by atoms with Crippen LogP contribution in [-0.4, -0.2) is 33.9 Å². The fraction of sp³-hybridized carbons (Fsp3) is 0.150. The van der Waals surface area contributed by atoms with Crippen molar-refractivity contribution in [2.24, 2.45) is 17.9 Å². The van der Waals surface area contributed by atoms with Crippen LogP contribution < -0.4 is 21.5 Å². The number of carbonyl (C=O) groups is 2. The lowest BCUT2D eigenvalue weighted by atomic mass is 10.1. The number of nitrogens with two attached hydrogens (primary N) is 1. The molecule has 0 aliphatic rings. The Hall–Kier alpha value is -4.01. The molecule has 9 heteroatoms. The van der Waals surface area contributed by atoms with Crippen LogP contribution in [-0.2, 0) is 11.8 Å². The monoisotopic (exact) mass is 393 g/mol. The number of rotatable bonds is 6. The van der Waals surface area contributed by atoms with Crippen molar-refractivity contribution < 1.29 is 14.3 Å². The van der Waals surface area contributed by atoms with Crippen LogP contribution in [0.25, 0.3) is 10.8 Å². The first-order valence-electron chi connectivity index (χ1n) is 8.69. The molecule has 1 heterocycles. The van der Waals surface area contributed by atoms with E-state index in [0.717, 1.165) is 10.2 Å². The van der Waals surface area contributed by atoms with Crippen LogP contribution in [0.2, 0.25) is 0 Å². The summed E-state index contributed by atoms with van der Waals surface area (Å²) in [6.45, 7) is 1.52. The molecule has 0 spiro atoms. The molecule has 0 saturated heterocycles. The maximum atomic E-state index is 12.6. The molecule has 148 valence electrons. The zero-order valence-electron chi connectivity index (χ0n) is 15.9. The maximum absolute atomic E-state index is 12.6. The van der Waals surface area contributed by atoms with Gasteiger partial charge in [0, 0.05) is 12.4 Å². The molecule has 0 aliphatic heterocycles. The van der Waals surface area contributed by atoms with Gasteiger partial charge in [-0.2, -0.15) is 10.2 Å². The summed E-state index contributed by atoms with van der Waals surface area (Å²) in [5.74, 6) is -0.600. The topological polar surface area (TPSA) is 129 Å². The Bertz CT molecular complexity index is 1170. The average molecular weight is 393 g/mol. The van der Waals surface area contributed by atoms with E-state index in [2.05, 4.69) is 15.6 Å². The van der Waals surface area contributed by atoms with E-state index in [4.69, 9.17) is 10.5 Å². The van der Waals surface area contributed by atoms with Crippen LogP contribution in [0.3, 0.4) is 0 Å². The van der Waals surface area contributed by atoms with Gasteiger partial charge in [-0.3, -0.25) is 14.4 Å². The number of hydrogen-bond donors (Lipinski definition) is 2. The Morgan fingerprint density at radius 1 is 1.14 bits per heavy atom. The van der Waals surface area contributed by atoms with Crippen LogP contribution in [0.5, 0.6) is 5.75 Å². The van der Waals surface area contributed by atoms with Gasteiger partial charge in [0.15, 0.2) is 12.3 Å². The Kier molecular flexibility index (Phi) is 5.68. The first-order chi connectivity index (χ1) is 13.9. The molecule has 0 aliphatic carbocycles. The molecule has 0 unspecified atom stereocenters. The van der Waals surface area contributed by atoms with E-state index in [1.807, 2.05) is 0 Å². The molecule has 3 aromatic rings. The molecule has 0 fully saturated rings. The largest absolute Gasteiger partial charge is 0.484 e. The Labute approximate surface area is 165 Å². The Morgan fingerprint density at radius 2 is 1.79 bits per heavy atom. The summed E-state index contributed by atoms with van der Waals surface area (Å²) in [6, 6.07) is 13.6. The molecular weight excluding hydrogens is 374 g/mol. The van der Waals surface area contributed by atoms with E-state index in [-0.39, 0.29) is 17.9 Å². The molecular formula is C20H19N5O4. The van der Waals surface area contributed by atoms with Crippen LogP contribution in [0, 0.1) is 0 Å². The second-order valence-corrected chi connectivity index (χ2v) is 6.24. The fourth-order valence-corrected chi connectivity index (χ4v) is 2.67. The minimum atomic E-state index is -0.561. The number of benzene rings is 2. The standard InChI is InChI=1S/C20H19N5O4/c1-12(13-7-9-14(10-8-13)29-11-17(21)26)22-23-19(27)18-15-5-3-4-6-16(15)20(28)25(2)24-18/h3-10H,11H2,1-2H3,(H2,21,26)(H,23,27)/b22-12-. The van der Waals surface area contributed by atoms with Gasteiger partial charge in [0.1, 0.15) is 5.75 Å². The van der Waals surface area contributed by atoms with Gasteiger partial charge in [-0.25, -0.2) is 10.1 Å². The summed E-state index contributed by atoms with van der Waals surface area (Å²) in [7, 11) is 1.49. The molecule has 0 atom stereocenters. The predicted octanol–water partition coefficient (Wildman–Crippen LogP) is 0.952. The van der Waals surface area contributed by atoms with Crippen molar-refractivity contribution in [3.63, 3.8) is 0 Å². The van der Waals surface area contributed by atoms with Crippen LogP contribution in [0.4, 0.5) is 0 Å². The van der Waals surface area contributed by atoms with Gasteiger partial charge in [-0.15, -0.1) is 0 Å².